The average Bonchev–Trinajstić information content (AvgIpc) is 1.62. The number of fused-ring (bicyclic) bond motifs is 5. The minimum Gasteiger partial charge on any atom is -0.396 e. The van der Waals surface area contributed by atoms with Crippen LogP contribution in [0.4, 0.5) is 37.2 Å². The maximum Gasteiger partial charge on any atom is 0.268 e. The number of halogens is 2. The number of pyridine rings is 5. The van der Waals surface area contributed by atoms with Crippen LogP contribution in [0.3, 0.4) is 0 Å². The minimum absolute atomic E-state index is 0.187. The molecule has 0 spiro atoms. The smallest absolute Gasteiger partial charge is 0.268 e. The summed E-state index contributed by atoms with van der Waals surface area (Å²) in [6.45, 7) is 11.4. The molecule has 5 unspecified atom stereocenters. The lowest BCUT2D eigenvalue weighted by atomic mass is 10.1. The van der Waals surface area contributed by atoms with Gasteiger partial charge in [0.05, 0.1) is 227 Å². The molecule has 2 amide bonds. The molecule has 56 heteroatoms. The summed E-state index contributed by atoms with van der Waals surface area (Å²) in [6, 6.07) is 11.2. The van der Waals surface area contributed by atoms with Crippen LogP contribution >= 0.6 is 102 Å². The number of amides is 2. The summed E-state index contributed by atoms with van der Waals surface area (Å²) < 4.78 is 129. The zero-order valence-corrected chi connectivity index (χ0v) is 93.1. The molecule has 0 aliphatic carbocycles. The van der Waals surface area contributed by atoms with Crippen molar-refractivity contribution in [3.63, 3.8) is 0 Å². The summed E-state index contributed by atoms with van der Waals surface area (Å²) in [5.74, 6) is 4.33. The highest BCUT2D eigenvalue weighted by atomic mass is 32.2. The normalized spacial score (nSPS) is 12.6. The molecule has 0 aromatic carbocycles. The van der Waals surface area contributed by atoms with E-state index in [0.29, 0.717) is 178 Å². The van der Waals surface area contributed by atoms with E-state index in [1.165, 1.54) is 108 Å². The number of methoxy groups -OCH3 is 5. The number of nitrogen functional groups attached to an aromatic ring is 5. The molecule has 0 fully saturated rings. The lowest BCUT2D eigenvalue weighted by molar-refractivity contribution is 0.0991. The number of carbonyl (C=O) groups is 2. The predicted octanol–water partition coefficient (Wildman–Crippen LogP) is 15.1. The van der Waals surface area contributed by atoms with Crippen molar-refractivity contribution in [1.29, 1.82) is 0 Å². The van der Waals surface area contributed by atoms with Gasteiger partial charge in [0, 0.05) is 142 Å². The van der Waals surface area contributed by atoms with Gasteiger partial charge in [-0.05, 0) is 71.0 Å². The maximum absolute atomic E-state index is 13.6. The number of imidazole rings is 5. The van der Waals surface area contributed by atoms with Crippen molar-refractivity contribution in [1.82, 2.24) is 103 Å². The van der Waals surface area contributed by atoms with Gasteiger partial charge in [0.15, 0.2) is 5.13 Å². The first-order chi connectivity index (χ1) is 70.9. The number of hydrogen-bond donors (Lipinski definition) is 8. The number of nitrogens with zero attached hydrogens (tertiary/aromatic N) is 20. The molecule has 15 N–H and O–H groups in total. The Morgan fingerprint density at radius 1 is 0.358 bits per heavy atom. The third kappa shape index (κ3) is 22.5. The van der Waals surface area contributed by atoms with Crippen LogP contribution in [0, 0.1) is 45.7 Å². The highest BCUT2D eigenvalue weighted by Gasteiger charge is 2.32. The molecule has 20 aromatic heterocycles. The van der Waals surface area contributed by atoms with Crippen LogP contribution in [0.15, 0.2) is 118 Å². The predicted molar refractivity (Wildman–Crippen MR) is 590 cm³/mol. The van der Waals surface area contributed by atoms with Crippen molar-refractivity contribution in [3.05, 3.63) is 148 Å². The molecule has 148 heavy (non-hydrogen) atoms. The second kappa shape index (κ2) is 46.8. The van der Waals surface area contributed by atoms with Gasteiger partial charge in [-0.15, -0.1) is 90.7 Å². The number of nitrogens with one attached hydrogen (secondary N) is 1. The van der Waals surface area contributed by atoms with E-state index in [9.17, 15) is 39.4 Å². The number of carbonyl (C=O) groups excluding carboxylic acids is 2. The summed E-state index contributed by atoms with van der Waals surface area (Å²) in [5.41, 5.74) is 57.6. The van der Waals surface area contributed by atoms with E-state index in [2.05, 4.69) is 65.0 Å². The maximum atomic E-state index is 13.6. The van der Waals surface area contributed by atoms with Gasteiger partial charge in [0.2, 0.25) is 5.95 Å². The lowest BCUT2D eigenvalue weighted by Gasteiger charge is -2.09. The van der Waals surface area contributed by atoms with E-state index in [1.54, 1.807) is 71.9 Å². The fraction of sp³-hybridized carbons (Fsp3) is 0.272. The fourth-order valence-corrected chi connectivity index (χ4v) is 30.7. The van der Waals surface area contributed by atoms with Crippen molar-refractivity contribution in [3.8, 4) is 110 Å². The van der Waals surface area contributed by atoms with E-state index >= 15 is 0 Å². The van der Waals surface area contributed by atoms with Crippen molar-refractivity contribution >= 4 is 247 Å². The molecule has 0 aliphatic rings. The van der Waals surface area contributed by atoms with Crippen LogP contribution in [-0.2, 0) is 113 Å². The van der Waals surface area contributed by atoms with Crippen LogP contribution in [0.2, 0.25) is 0 Å². The number of thiophene rings is 5. The van der Waals surface area contributed by atoms with Gasteiger partial charge in [0.1, 0.15) is 128 Å². The van der Waals surface area contributed by atoms with E-state index in [4.69, 9.17) is 78.8 Å². The van der Waals surface area contributed by atoms with Crippen molar-refractivity contribution < 1.29 is 63.1 Å². The molecule has 774 valence electrons. The number of aromatic nitrogens is 21. The van der Waals surface area contributed by atoms with Gasteiger partial charge >= 0.3 is 0 Å². The Balaban J connectivity index is 0.000000132. The van der Waals surface area contributed by atoms with Crippen LogP contribution < -0.4 is 40.1 Å². The number of thiazole rings is 4. The van der Waals surface area contributed by atoms with Crippen LogP contribution in [0.1, 0.15) is 49.3 Å². The number of rotatable bonds is 32. The molecule has 20 rings (SSSR count). The highest BCUT2D eigenvalue weighted by Crippen LogP contribution is 2.50. The molecule has 0 bridgehead atoms. The van der Waals surface area contributed by atoms with Crippen molar-refractivity contribution in [2.24, 2.45) is 46.7 Å². The number of primary amides is 2. The highest BCUT2D eigenvalue weighted by molar-refractivity contribution is 7.89. The van der Waals surface area contributed by atoms with Crippen molar-refractivity contribution in [2.45, 2.75) is 55.7 Å². The monoisotopic (exact) mass is 2270 g/mol. The average molecular weight is 2270 g/mol. The zero-order chi connectivity index (χ0) is 106. The fourth-order valence-electron chi connectivity index (χ4n) is 15.1. The molecule has 20 aromatic rings. The van der Waals surface area contributed by atoms with Gasteiger partial charge in [0.25, 0.3) is 11.8 Å². The second-order valence-electron chi connectivity index (χ2n) is 32.4. The molecular formula is C92H96F2N28O12S14. The molecule has 0 saturated heterocycles. The van der Waals surface area contributed by atoms with E-state index in [-0.39, 0.29) is 10.8 Å². The van der Waals surface area contributed by atoms with Crippen LogP contribution in [0.5, 0.6) is 0 Å². The van der Waals surface area contributed by atoms with Gasteiger partial charge in [-0.3, -0.25) is 35.7 Å². The number of ether oxygens (including phenoxy) is 5. The Morgan fingerprint density at radius 2 is 0.642 bits per heavy atom. The number of anilines is 5. The summed E-state index contributed by atoms with van der Waals surface area (Å²) in [6.07, 6.45) is 13.2. The van der Waals surface area contributed by atoms with Gasteiger partial charge in [-0.2, -0.15) is 13.9 Å². The molecule has 0 saturated carbocycles. The number of H-pyrrole nitrogens is 1. The van der Waals surface area contributed by atoms with E-state index < -0.39 is 71.8 Å². The third-order valence-electron chi connectivity index (χ3n) is 23.3. The molecular weight excluding hydrogens is 2180 g/mol. The molecule has 40 nitrogen and oxygen atoms in total. The Kier molecular flexibility index (Phi) is 34.3. The SMILES string of the molecule is COCCS(=O)c1sc2nc(-c3ccn[nH]3)cc(-c3cnc(C)n3C)c2c1N.COCCS(=O)c1sc2nc(-c3nc(C(N)=O)cs3)cc(-c3cnc(C)n3C)c2c1N.COCCS(=O)c1sc2nc(-c3nc(F)cs3)cc(-c3cnc(C)n3C)c2c1N.COCCS(=O)c1sc2nc(-c3ncc(C(N)=O)s3)cc(-c3cnc(C)n3C)c2c1N.COCCS(=O)c1sc2nc(-c3ncc(F)s3)cc(-c3cnc(C)n3C)c2c1N. The van der Waals surface area contributed by atoms with Gasteiger partial charge in [-0.25, -0.2) is 69.8 Å². The van der Waals surface area contributed by atoms with E-state index in [0.717, 1.165) is 140 Å². The van der Waals surface area contributed by atoms with Crippen molar-refractivity contribution in [2.75, 3.05) is 126 Å². The number of aromatic amines is 1. The first-order valence-electron chi connectivity index (χ1n) is 44.1. The Bertz CT molecular complexity index is 8130. The first-order valence-corrected chi connectivity index (χ1v) is 58.2. The molecule has 20 heterocycles. The van der Waals surface area contributed by atoms with Gasteiger partial charge < -0.3 is 86.7 Å². The summed E-state index contributed by atoms with van der Waals surface area (Å²) in [7, 11) is 11.0. The Morgan fingerprint density at radius 3 is 0.885 bits per heavy atom. The van der Waals surface area contributed by atoms with E-state index in [1.807, 2.05) is 135 Å². The largest absolute Gasteiger partial charge is 0.396 e. The lowest BCUT2D eigenvalue weighted by Crippen LogP contribution is -2.11. The third-order valence-corrected chi connectivity index (χ3v) is 41.2. The summed E-state index contributed by atoms with van der Waals surface area (Å²) in [4.78, 5) is 88.7. The second-order valence-corrected chi connectivity index (χ2v) is 49.9. The topological polar surface area (TPSA) is 582 Å². The molecule has 0 radical (unpaired) electrons. The van der Waals surface area contributed by atoms with Gasteiger partial charge in [-0.1, -0.05) is 11.3 Å². The quantitative estimate of drug-likeness (QED) is 0.0194. The zero-order valence-electron chi connectivity index (χ0n) is 81.7. The molecule has 5 atom stereocenters. The Hall–Kier alpha value is -12.3. The summed E-state index contributed by atoms with van der Waals surface area (Å²) in [5, 5.41) is 15.3. The number of nitrogens with two attached hydrogens (primary N) is 7. The number of aryl methyl sites for hydroxylation is 5. The van der Waals surface area contributed by atoms with Crippen LogP contribution in [0.25, 0.3) is 162 Å². The first kappa shape index (κ1) is 108. The van der Waals surface area contributed by atoms with Crippen LogP contribution in [-0.4, -0.2) is 233 Å². The minimum atomic E-state index is -1.31. The molecule has 0 aliphatic heterocycles. The number of hydrogen-bond acceptors (Lipinski definition) is 41. The standard InChI is InChI=1S/2C19H20N6O3S3.2C18H18FN5O2S3.C18H20N6O2S2/c1-9-22-7-13(25(9)2)10-6-11(17-24-12(8-29-17)16(21)26)23-18-14(10)15(20)19(30-18)31(27)5-4-28-3;1-9-22-7-12(25(9)2)10-6-11(17-23-8-13(29-17)16(21)26)24-18-14(10)15(20)19(30-18)31(27)5-4-28-3;1-9-21-7-12(24(9)2)10-6-11(16-23-13(19)8-27-16)22-17-14(10)15(20)18(28-17)29(25)5-4-26-3;1-9-21-7-12(24(9)2)10-6-11(16-22-8-13(19)27-16)23-17-14(10)15(20)18(28-17)29(25)5-4-26-3;1-10-20-9-14(24(10)2)11-8-13(12-4-5-21-23-12)22-17-15(11)16(19)18(27-17)28(25)7-6-26-3/h2*6-8H,4-5,20H2,1-3H3,(H2,21,26);2*6-8H,4-5,20H2,1-3H3;4-5,8-9H,6-7,19H2,1-3H3,(H,21,23). The summed E-state index contributed by atoms with van der Waals surface area (Å²) >= 11 is 11.1. The Labute approximate surface area is 891 Å².